The van der Waals surface area contributed by atoms with Crippen LogP contribution in [0, 0.1) is 25.7 Å². The number of amides is 3. The van der Waals surface area contributed by atoms with Crippen molar-refractivity contribution < 1.29 is 19.1 Å². The second kappa shape index (κ2) is 9.69. The Hall–Kier alpha value is -4.13. The molecule has 216 valence electrons. The number of nitrogens with zero attached hydrogens (tertiary/aromatic N) is 1. The Balaban J connectivity index is 1.15. The summed E-state index contributed by atoms with van der Waals surface area (Å²) in [6, 6.07) is 26.6. The van der Waals surface area contributed by atoms with Crippen molar-refractivity contribution in [2.75, 3.05) is 5.32 Å². The van der Waals surface area contributed by atoms with Gasteiger partial charge in [-0.25, -0.2) is 0 Å². The molecule has 8 rings (SSSR count). The number of anilines is 1. The molecule has 1 N–H and O–H groups in total. The molecule has 1 aliphatic heterocycles. The van der Waals surface area contributed by atoms with E-state index in [1.807, 2.05) is 80.6 Å². The number of alkyl halides is 2. The van der Waals surface area contributed by atoms with Crippen molar-refractivity contribution in [2.24, 2.45) is 11.8 Å². The summed E-state index contributed by atoms with van der Waals surface area (Å²) in [6.07, 6.45) is 0. The molecule has 0 spiro atoms. The van der Waals surface area contributed by atoms with Gasteiger partial charge in [0.15, 0.2) is 0 Å². The number of likely N-dealkylation sites (tertiary alicyclic amines) is 1. The second-order valence-electron chi connectivity index (χ2n) is 11.6. The maximum atomic E-state index is 14.1. The van der Waals surface area contributed by atoms with Crippen LogP contribution in [0.5, 0.6) is 11.5 Å². The van der Waals surface area contributed by atoms with Crippen LogP contribution in [0.4, 0.5) is 5.69 Å². The lowest BCUT2D eigenvalue weighted by Gasteiger charge is -2.54. The molecular weight excluding hydrogens is 583 g/mol. The lowest BCUT2D eigenvalue weighted by atomic mass is 9.54. The highest BCUT2D eigenvalue weighted by Crippen LogP contribution is 2.69. The lowest BCUT2D eigenvalue weighted by molar-refractivity contribution is -0.146. The van der Waals surface area contributed by atoms with E-state index in [-0.39, 0.29) is 0 Å². The van der Waals surface area contributed by atoms with E-state index in [2.05, 4.69) is 5.32 Å². The van der Waals surface area contributed by atoms with Gasteiger partial charge in [0.05, 0.1) is 11.8 Å². The number of benzene rings is 4. The Labute approximate surface area is 259 Å². The van der Waals surface area contributed by atoms with Crippen LogP contribution >= 0.6 is 23.2 Å². The SMILES string of the molecule is Cc1ccc(Oc2ccc(NC(=O)[C@@H](C)N3C(=O)[C@@H]4[C@H](C3=O)C3(Cl)c5ccccc5C4(Cl)c4ccccc43)cc2)cc1C. The van der Waals surface area contributed by atoms with Crippen LogP contribution in [0.15, 0.2) is 91.0 Å². The van der Waals surface area contributed by atoms with E-state index in [4.69, 9.17) is 27.9 Å². The van der Waals surface area contributed by atoms with Crippen molar-refractivity contribution in [3.05, 3.63) is 124 Å². The number of halogens is 2. The standard InChI is InChI=1S/C35H28Cl2N2O4/c1-19-12-15-24(18-20(19)2)43-23-16-13-22(14-17-23)38-31(40)21(3)39-32(41)29-30(33(39)42)35(37)26-9-5-4-8-25(26)34(29,36)27-10-6-7-11-28(27)35/h4-18,21,29-30H,1-3H3,(H,38,40)/t21-,29-,30+,34?,35?/m1/s1. The van der Waals surface area contributed by atoms with Crippen molar-refractivity contribution in [2.45, 2.75) is 36.6 Å². The van der Waals surface area contributed by atoms with Gasteiger partial charge in [0.25, 0.3) is 0 Å². The molecule has 1 saturated heterocycles. The summed E-state index contributed by atoms with van der Waals surface area (Å²) in [7, 11) is 0. The normalized spacial score (nSPS) is 25.6. The Morgan fingerprint density at radius 1 is 0.744 bits per heavy atom. The van der Waals surface area contributed by atoms with Gasteiger partial charge in [-0.15, -0.1) is 23.2 Å². The van der Waals surface area contributed by atoms with Crippen LogP contribution in [0.2, 0.25) is 0 Å². The summed E-state index contributed by atoms with van der Waals surface area (Å²) >= 11 is 15.0. The van der Waals surface area contributed by atoms with Gasteiger partial charge in [-0.2, -0.15) is 0 Å². The van der Waals surface area contributed by atoms with Gasteiger partial charge in [-0.05, 0) is 90.6 Å². The van der Waals surface area contributed by atoms with Crippen molar-refractivity contribution in [3.8, 4) is 11.5 Å². The molecule has 1 fully saturated rings. The number of aryl methyl sites for hydroxylation is 2. The maximum absolute atomic E-state index is 14.1. The third-order valence-electron chi connectivity index (χ3n) is 9.22. The summed E-state index contributed by atoms with van der Waals surface area (Å²) in [5.41, 5.74) is 5.68. The predicted molar refractivity (Wildman–Crippen MR) is 166 cm³/mol. The quantitative estimate of drug-likeness (QED) is 0.195. The van der Waals surface area contributed by atoms with Gasteiger partial charge in [-0.3, -0.25) is 19.3 Å². The minimum atomic E-state index is -1.29. The summed E-state index contributed by atoms with van der Waals surface area (Å²) in [6.45, 7) is 5.61. The van der Waals surface area contributed by atoms with Crippen LogP contribution in [0.3, 0.4) is 0 Å². The second-order valence-corrected chi connectivity index (χ2v) is 12.7. The van der Waals surface area contributed by atoms with Gasteiger partial charge in [-0.1, -0.05) is 54.6 Å². The van der Waals surface area contributed by atoms with Gasteiger partial charge < -0.3 is 10.1 Å². The average molecular weight is 612 g/mol. The minimum absolute atomic E-state index is 0.501. The third kappa shape index (κ3) is 3.82. The van der Waals surface area contributed by atoms with Crippen molar-refractivity contribution in [3.63, 3.8) is 0 Å². The Morgan fingerprint density at radius 3 is 1.67 bits per heavy atom. The van der Waals surface area contributed by atoms with Crippen molar-refractivity contribution in [1.82, 2.24) is 4.90 Å². The van der Waals surface area contributed by atoms with Gasteiger partial charge in [0, 0.05) is 5.69 Å². The fourth-order valence-corrected chi connectivity index (χ4v) is 8.05. The Morgan fingerprint density at radius 2 is 1.21 bits per heavy atom. The zero-order valence-corrected chi connectivity index (χ0v) is 25.2. The van der Waals surface area contributed by atoms with E-state index in [0.717, 1.165) is 32.7 Å². The van der Waals surface area contributed by atoms with Gasteiger partial charge >= 0.3 is 0 Å². The Bertz CT molecular complexity index is 1710. The number of imide groups is 1. The highest BCUT2D eigenvalue weighted by atomic mass is 35.5. The largest absolute Gasteiger partial charge is 0.457 e. The molecule has 43 heavy (non-hydrogen) atoms. The predicted octanol–water partition coefficient (Wildman–Crippen LogP) is 7.02. The zero-order valence-electron chi connectivity index (χ0n) is 23.7. The van der Waals surface area contributed by atoms with E-state index >= 15 is 0 Å². The molecular formula is C35H28Cl2N2O4. The molecule has 0 unspecified atom stereocenters. The van der Waals surface area contributed by atoms with Crippen LogP contribution < -0.4 is 10.1 Å². The molecule has 4 aromatic rings. The van der Waals surface area contributed by atoms with E-state index in [9.17, 15) is 14.4 Å². The highest BCUT2D eigenvalue weighted by molar-refractivity contribution is 6.36. The number of rotatable bonds is 5. The average Bonchev–Trinajstić information content (AvgIpc) is 3.29. The number of nitrogens with one attached hydrogen (secondary N) is 1. The summed E-state index contributed by atoms with van der Waals surface area (Å²) in [4.78, 5) is 40.2. The first-order valence-electron chi connectivity index (χ1n) is 14.2. The smallest absolute Gasteiger partial charge is 0.247 e. The minimum Gasteiger partial charge on any atom is -0.457 e. The number of hydrogen-bond acceptors (Lipinski definition) is 4. The molecule has 0 saturated carbocycles. The first-order valence-corrected chi connectivity index (χ1v) is 14.9. The first kappa shape index (κ1) is 27.7. The molecule has 4 aromatic carbocycles. The molecule has 0 radical (unpaired) electrons. The Kier molecular flexibility index (Phi) is 6.24. The molecule has 6 nitrogen and oxygen atoms in total. The van der Waals surface area contributed by atoms with Crippen molar-refractivity contribution >= 4 is 46.6 Å². The van der Waals surface area contributed by atoms with Crippen LogP contribution in [-0.4, -0.2) is 28.7 Å². The lowest BCUT2D eigenvalue weighted by Crippen LogP contribution is -2.57. The van der Waals surface area contributed by atoms with E-state index in [1.54, 1.807) is 31.2 Å². The van der Waals surface area contributed by atoms with E-state index in [0.29, 0.717) is 17.2 Å². The summed E-state index contributed by atoms with van der Waals surface area (Å²) < 4.78 is 5.95. The number of ether oxygens (including phenoxy) is 1. The molecule has 0 aromatic heterocycles. The summed E-state index contributed by atoms with van der Waals surface area (Å²) in [5.74, 6) is -2.09. The number of hydrogen-bond donors (Lipinski definition) is 1. The van der Waals surface area contributed by atoms with Crippen LogP contribution in [-0.2, 0) is 24.1 Å². The molecule has 3 aliphatic carbocycles. The third-order valence-corrected chi connectivity index (χ3v) is 10.5. The molecule has 3 amide bonds. The molecule has 2 bridgehead atoms. The fourth-order valence-electron chi connectivity index (χ4n) is 6.95. The molecule has 8 heteroatoms. The fraction of sp³-hybridized carbons (Fsp3) is 0.229. The van der Waals surface area contributed by atoms with E-state index < -0.39 is 45.3 Å². The van der Waals surface area contributed by atoms with Gasteiger partial charge in [0.1, 0.15) is 27.3 Å². The maximum Gasteiger partial charge on any atom is 0.247 e. The molecule has 4 aliphatic rings. The van der Waals surface area contributed by atoms with Crippen molar-refractivity contribution in [1.29, 1.82) is 0 Å². The van der Waals surface area contributed by atoms with Crippen LogP contribution in [0.25, 0.3) is 0 Å². The van der Waals surface area contributed by atoms with E-state index in [1.165, 1.54) is 5.56 Å². The summed E-state index contributed by atoms with van der Waals surface area (Å²) in [5, 5.41) is 2.83. The first-order chi connectivity index (χ1) is 20.6. The van der Waals surface area contributed by atoms with Crippen LogP contribution in [0.1, 0.15) is 40.3 Å². The highest BCUT2D eigenvalue weighted by Gasteiger charge is 2.73. The molecule has 3 atom stereocenters. The molecule has 1 heterocycles. The topological polar surface area (TPSA) is 75.7 Å². The number of carbonyl (C=O) groups is 3. The van der Waals surface area contributed by atoms with Gasteiger partial charge in [0.2, 0.25) is 17.7 Å². The monoisotopic (exact) mass is 610 g/mol. The number of carbonyl (C=O) groups excluding carboxylic acids is 3. The zero-order chi connectivity index (χ0) is 30.3.